The zero-order chi connectivity index (χ0) is 12.3. The van der Waals surface area contributed by atoms with Crippen LogP contribution in [0.3, 0.4) is 0 Å². The quantitative estimate of drug-likeness (QED) is 0.892. The fraction of sp³-hybridized carbons (Fsp3) is 0.364. The first kappa shape index (κ1) is 13.0. The minimum absolute atomic E-state index is 0.0366. The Bertz CT molecular complexity index is 395. The molecule has 1 aromatic carbocycles. The normalized spacial score (nSPS) is 11.2. The summed E-state index contributed by atoms with van der Waals surface area (Å²) in [5.74, 6) is -0.815. The SMILES string of the molecule is CC(C)(O)COc1ccc(Br)cc1C(=O)O. The predicted octanol–water partition coefficient (Wildman–Crippen LogP) is 2.30. The van der Waals surface area contributed by atoms with Crippen LogP contribution in [0, 0.1) is 0 Å². The van der Waals surface area contributed by atoms with Crippen molar-refractivity contribution in [2.75, 3.05) is 6.61 Å². The van der Waals surface area contributed by atoms with Gasteiger partial charge in [-0.15, -0.1) is 0 Å². The molecule has 0 unspecified atom stereocenters. The zero-order valence-electron chi connectivity index (χ0n) is 9.03. The van der Waals surface area contributed by atoms with E-state index in [0.29, 0.717) is 4.47 Å². The zero-order valence-corrected chi connectivity index (χ0v) is 10.6. The molecule has 0 aliphatic heterocycles. The van der Waals surface area contributed by atoms with E-state index in [0.717, 1.165) is 0 Å². The topological polar surface area (TPSA) is 66.8 Å². The van der Waals surface area contributed by atoms with Crippen LogP contribution in [0.4, 0.5) is 0 Å². The number of rotatable bonds is 4. The summed E-state index contributed by atoms with van der Waals surface area (Å²) in [5, 5.41) is 18.4. The van der Waals surface area contributed by atoms with Gasteiger partial charge in [-0.2, -0.15) is 0 Å². The van der Waals surface area contributed by atoms with Crippen LogP contribution in [0.2, 0.25) is 0 Å². The molecule has 0 aromatic heterocycles. The van der Waals surface area contributed by atoms with Gasteiger partial charge in [0, 0.05) is 4.47 Å². The third kappa shape index (κ3) is 3.83. The molecule has 0 fully saturated rings. The molecule has 0 bridgehead atoms. The number of benzene rings is 1. The molecule has 1 aromatic rings. The number of hydrogen-bond donors (Lipinski definition) is 2. The van der Waals surface area contributed by atoms with Crippen LogP contribution in [0.1, 0.15) is 24.2 Å². The van der Waals surface area contributed by atoms with E-state index in [-0.39, 0.29) is 17.9 Å². The fourth-order valence-electron chi connectivity index (χ4n) is 1.05. The smallest absolute Gasteiger partial charge is 0.339 e. The summed E-state index contributed by atoms with van der Waals surface area (Å²) >= 11 is 3.19. The molecule has 0 aliphatic carbocycles. The van der Waals surface area contributed by atoms with Crippen LogP contribution in [0.25, 0.3) is 0 Å². The third-order valence-corrected chi connectivity index (χ3v) is 2.25. The van der Waals surface area contributed by atoms with E-state index in [4.69, 9.17) is 9.84 Å². The van der Waals surface area contributed by atoms with Crippen molar-refractivity contribution in [3.8, 4) is 5.75 Å². The highest BCUT2D eigenvalue weighted by atomic mass is 79.9. The van der Waals surface area contributed by atoms with E-state index < -0.39 is 11.6 Å². The van der Waals surface area contributed by atoms with Gasteiger partial charge in [-0.3, -0.25) is 0 Å². The van der Waals surface area contributed by atoms with Gasteiger partial charge in [0.2, 0.25) is 0 Å². The Labute approximate surface area is 102 Å². The first-order valence-electron chi connectivity index (χ1n) is 4.67. The van der Waals surface area contributed by atoms with E-state index in [9.17, 15) is 9.90 Å². The highest BCUT2D eigenvalue weighted by Gasteiger charge is 2.17. The number of aromatic carboxylic acids is 1. The van der Waals surface area contributed by atoms with E-state index in [2.05, 4.69) is 15.9 Å². The summed E-state index contributed by atoms with van der Waals surface area (Å²) in [5.41, 5.74) is -0.929. The standard InChI is InChI=1S/C11H13BrO4/c1-11(2,15)6-16-9-4-3-7(12)5-8(9)10(13)14/h3-5,15H,6H2,1-2H3,(H,13,14). The first-order chi connectivity index (χ1) is 7.29. The van der Waals surface area contributed by atoms with Crippen molar-refractivity contribution in [3.05, 3.63) is 28.2 Å². The summed E-state index contributed by atoms with van der Waals surface area (Å²) in [6.45, 7) is 3.22. The number of halogens is 1. The lowest BCUT2D eigenvalue weighted by molar-refractivity contribution is 0.0275. The van der Waals surface area contributed by atoms with Gasteiger partial charge in [0.25, 0.3) is 0 Å². The number of carboxylic acid groups (broad SMARTS) is 1. The molecule has 4 nitrogen and oxygen atoms in total. The summed E-state index contributed by atoms with van der Waals surface area (Å²) in [6, 6.07) is 4.70. The van der Waals surface area contributed by atoms with Gasteiger partial charge < -0.3 is 14.9 Å². The van der Waals surface area contributed by atoms with Gasteiger partial charge >= 0.3 is 5.97 Å². The molecule has 0 radical (unpaired) electrons. The maximum atomic E-state index is 10.9. The average Bonchev–Trinajstić information content (AvgIpc) is 2.14. The van der Waals surface area contributed by atoms with E-state index in [1.807, 2.05) is 0 Å². The minimum Gasteiger partial charge on any atom is -0.490 e. The second-order valence-corrected chi connectivity index (χ2v) is 4.96. The number of carbonyl (C=O) groups is 1. The molecular formula is C11H13BrO4. The van der Waals surface area contributed by atoms with Crippen molar-refractivity contribution in [2.45, 2.75) is 19.4 Å². The molecule has 0 saturated heterocycles. The number of aliphatic hydroxyl groups is 1. The molecule has 0 aliphatic rings. The Morgan fingerprint density at radius 3 is 2.62 bits per heavy atom. The maximum absolute atomic E-state index is 10.9. The first-order valence-corrected chi connectivity index (χ1v) is 5.47. The Morgan fingerprint density at radius 2 is 2.12 bits per heavy atom. The van der Waals surface area contributed by atoms with Gasteiger partial charge in [0.15, 0.2) is 0 Å². The lowest BCUT2D eigenvalue weighted by atomic mass is 10.1. The molecule has 5 heteroatoms. The lowest BCUT2D eigenvalue weighted by Gasteiger charge is -2.18. The molecule has 0 atom stereocenters. The lowest BCUT2D eigenvalue weighted by Crippen LogP contribution is -2.28. The molecule has 2 N–H and O–H groups in total. The monoisotopic (exact) mass is 288 g/mol. The Balaban J connectivity index is 2.91. The van der Waals surface area contributed by atoms with Gasteiger partial charge in [0.05, 0.1) is 5.60 Å². The number of hydrogen-bond acceptors (Lipinski definition) is 3. The molecule has 16 heavy (non-hydrogen) atoms. The van der Waals surface area contributed by atoms with Gasteiger partial charge in [0.1, 0.15) is 17.9 Å². The minimum atomic E-state index is -1.06. The number of ether oxygens (including phenoxy) is 1. The Morgan fingerprint density at radius 1 is 1.50 bits per heavy atom. The van der Waals surface area contributed by atoms with Crippen molar-refractivity contribution in [1.82, 2.24) is 0 Å². The van der Waals surface area contributed by atoms with Crippen LogP contribution in [-0.2, 0) is 0 Å². The highest BCUT2D eigenvalue weighted by Crippen LogP contribution is 2.24. The fourth-order valence-corrected chi connectivity index (χ4v) is 1.41. The number of carboxylic acids is 1. The van der Waals surface area contributed by atoms with Gasteiger partial charge in [-0.25, -0.2) is 4.79 Å². The van der Waals surface area contributed by atoms with Crippen LogP contribution >= 0.6 is 15.9 Å². The predicted molar refractivity (Wildman–Crippen MR) is 62.9 cm³/mol. The molecule has 0 heterocycles. The second kappa shape index (κ2) is 4.84. The molecule has 88 valence electrons. The van der Waals surface area contributed by atoms with Crippen LogP contribution in [0.15, 0.2) is 22.7 Å². The van der Waals surface area contributed by atoms with Crippen LogP contribution < -0.4 is 4.74 Å². The van der Waals surface area contributed by atoms with Crippen molar-refractivity contribution in [3.63, 3.8) is 0 Å². The van der Waals surface area contributed by atoms with Crippen molar-refractivity contribution >= 4 is 21.9 Å². The average molecular weight is 289 g/mol. The highest BCUT2D eigenvalue weighted by molar-refractivity contribution is 9.10. The largest absolute Gasteiger partial charge is 0.490 e. The van der Waals surface area contributed by atoms with E-state index in [1.54, 1.807) is 26.0 Å². The van der Waals surface area contributed by atoms with Gasteiger partial charge in [-0.1, -0.05) is 15.9 Å². The van der Waals surface area contributed by atoms with Gasteiger partial charge in [-0.05, 0) is 32.0 Å². The molecule has 0 spiro atoms. The molecule has 0 amide bonds. The summed E-state index contributed by atoms with van der Waals surface area (Å²) in [4.78, 5) is 10.9. The summed E-state index contributed by atoms with van der Waals surface area (Å²) in [6.07, 6.45) is 0. The van der Waals surface area contributed by atoms with E-state index >= 15 is 0 Å². The molecule has 0 saturated carbocycles. The van der Waals surface area contributed by atoms with Crippen molar-refractivity contribution < 1.29 is 19.7 Å². The Kier molecular flexibility index (Phi) is 3.93. The van der Waals surface area contributed by atoms with Crippen LogP contribution in [0.5, 0.6) is 5.75 Å². The molecular weight excluding hydrogens is 276 g/mol. The second-order valence-electron chi connectivity index (χ2n) is 4.05. The Hall–Kier alpha value is -1.07. The summed E-state index contributed by atoms with van der Waals surface area (Å²) < 4.78 is 5.93. The summed E-state index contributed by atoms with van der Waals surface area (Å²) in [7, 11) is 0. The molecule has 1 rings (SSSR count). The maximum Gasteiger partial charge on any atom is 0.339 e. The van der Waals surface area contributed by atoms with E-state index in [1.165, 1.54) is 6.07 Å². The van der Waals surface area contributed by atoms with Crippen molar-refractivity contribution in [1.29, 1.82) is 0 Å². The third-order valence-electron chi connectivity index (χ3n) is 1.75. The van der Waals surface area contributed by atoms with Crippen LogP contribution in [-0.4, -0.2) is 28.4 Å². The van der Waals surface area contributed by atoms with Crippen molar-refractivity contribution in [2.24, 2.45) is 0 Å².